The van der Waals surface area contributed by atoms with E-state index in [0.29, 0.717) is 0 Å². The third kappa shape index (κ3) is 3.70. The maximum Gasteiger partial charge on any atom is 0.255 e. The molecule has 0 atom stereocenters. The van der Waals surface area contributed by atoms with Gasteiger partial charge in [-0.2, -0.15) is 4.31 Å². The molecule has 0 saturated carbocycles. The number of β-amino-alcohol motifs (C(OH)–C–C–N with tert-alkyl or cyclic N) is 1. The molecule has 2 aromatic rings. The molecule has 0 spiro atoms. The van der Waals surface area contributed by atoms with Crippen molar-refractivity contribution in [3.8, 4) is 0 Å². The summed E-state index contributed by atoms with van der Waals surface area (Å²) in [5.74, 6) is -1.23. The highest BCUT2D eigenvalue weighted by molar-refractivity contribution is 7.89. The number of anilines is 1. The van der Waals surface area contributed by atoms with Crippen LogP contribution in [0.5, 0.6) is 0 Å². The molecule has 0 radical (unpaired) electrons. The fourth-order valence-corrected chi connectivity index (χ4v) is 4.57. The zero-order valence-electron chi connectivity index (χ0n) is 13.1. The van der Waals surface area contributed by atoms with Gasteiger partial charge in [0, 0.05) is 24.3 Å². The van der Waals surface area contributed by atoms with E-state index >= 15 is 0 Å². The molecule has 10 heteroatoms. The molecule has 26 heavy (non-hydrogen) atoms. The number of aliphatic hydroxyl groups is 1. The second-order valence-corrected chi connectivity index (χ2v) is 8.42. The Morgan fingerprint density at radius 1 is 1.15 bits per heavy atom. The van der Waals surface area contributed by atoms with E-state index in [-0.39, 0.29) is 39.3 Å². The summed E-state index contributed by atoms with van der Waals surface area (Å²) in [5.41, 5.74) is 0.307. The molecule has 0 unspecified atom stereocenters. The van der Waals surface area contributed by atoms with Crippen LogP contribution in [0.2, 0.25) is 10.0 Å². The van der Waals surface area contributed by atoms with Crippen LogP contribution in [-0.4, -0.2) is 42.9 Å². The van der Waals surface area contributed by atoms with Crippen LogP contribution in [-0.2, 0) is 10.0 Å². The molecule has 3 rings (SSSR count). The number of hydrogen-bond donors (Lipinski definition) is 2. The molecule has 6 nitrogen and oxygen atoms in total. The molecule has 2 aromatic carbocycles. The Hall–Kier alpha value is -1.71. The van der Waals surface area contributed by atoms with Crippen LogP contribution in [0.3, 0.4) is 0 Å². The molecule has 1 aliphatic rings. The number of rotatable bonds is 4. The molecule has 138 valence electrons. The maximum absolute atomic E-state index is 13.2. The average Bonchev–Trinajstić information content (AvgIpc) is 2.55. The van der Waals surface area contributed by atoms with Crippen LogP contribution in [0.15, 0.2) is 41.3 Å². The van der Waals surface area contributed by atoms with Crippen LogP contribution in [0.25, 0.3) is 0 Å². The minimum atomic E-state index is -3.92. The van der Waals surface area contributed by atoms with E-state index in [1.165, 1.54) is 24.3 Å². The van der Waals surface area contributed by atoms with E-state index in [4.69, 9.17) is 23.2 Å². The minimum absolute atomic E-state index is 0.0246. The van der Waals surface area contributed by atoms with Gasteiger partial charge in [-0.1, -0.05) is 23.2 Å². The first kappa shape index (κ1) is 19.1. The second-order valence-electron chi connectivity index (χ2n) is 5.70. The van der Waals surface area contributed by atoms with E-state index < -0.39 is 27.9 Å². The van der Waals surface area contributed by atoms with Crippen molar-refractivity contribution in [3.05, 3.63) is 57.8 Å². The third-order valence-corrected chi connectivity index (χ3v) is 6.42. The predicted octanol–water partition coefficient (Wildman–Crippen LogP) is 2.75. The standard InChI is InChI=1S/C16H13Cl2FN2O4S/c17-12-3-1-9(5-15(12)26(24,25)21-7-11(22)8-21)16(23)20-10-2-4-14(19)13(18)6-10/h1-6,11,22H,7-8H2,(H,20,23). The van der Waals surface area contributed by atoms with Gasteiger partial charge >= 0.3 is 0 Å². The summed E-state index contributed by atoms with van der Waals surface area (Å²) >= 11 is 11.7. The number of nitrogens with zero attached hydrogens (tertiary/aromatic N) is 1. The lowest BCUT2D eigenvalue weighted by Crippen LogP contribution is -2.53. The number of nitrogens with one attached hydrogen (secondary N) is 1. The topological polar surface area (TPSA) is 86.7 Å². The molecule has 1 fully saturated rings. The molecular weight excluding hydrogens is 406 g/mol. The second kappa shape index (κ2) is 7.13. The number of hydrogen-bond acceptors (Lipinski definition) is 4. The molecule has 1 saturated heterocycles. The highest BCUT2D eigenvalue weighted by Gasteiger charge is 2.37. The maximum atomic E-state index is 13.2. The van der Waals surface area contributed by atoms with Crippen molar-refractivity contribution in [2.75, 3.05) is 18.4 Å². The summed E-state index contributed by atoms with van der Waals surface area (Å²) in [6.45, 7) is -0.0493. The van der Waals surface area contributed by atoms with E-state index in [1.54, 1.807) is 0 Å². The normalized spacial score (nSPS) is 15.5. The zero-order chi connectivity index (χ0) is 19.1. The summed E-state index contributed by atoms with van der Waals surface area (Å²) in [4.78, 5) is 12.1. The van der Waals surface area contributed by atoms with Gasteiger partial charge in [-0.15, -0.1) is 0 Å². The Kier molecular flexibility index (Phi) is 5.23. The smallest absolute Gasteiger partial charge is 0.255 e. The summed E-state index contributed by atoms with van der Waals surface area (Å²) in [6, 6.07) is 7.50. The number of carbonyl (C=O) groups excluding carboxylic acids is 1. The summed E-state index contributed by atoms with van der Waals surface area (Å²) in [5, 5.41) is 11.6. The van der Waals surface area contributed by atoms with E-state index in [1.807, 2.05) is 0 Å². The van der Waals surface area contributed by atoms with Gasteiger partial charge in [-0.25, -0.2) is 12.8 Å². The van der Waals surface area contributed by atoms with Gasteiger partial charge in [0.15, 0.2) is 0 Å². The van der Waals surface area contributed by atoms with Crippen molar-refractivity contribution in [1.29, 1.82) is 0 Å². The Labute approximate surface area is 159 Å². The van der Waals surface area contributed by atoms with E-state index in [0.717, 1.165) is 16.4 Å². The van der Waals surface area contributed by atoms with Crippen LogP contribution in [0, 0.1) is 5.82 Å². The highest BCUT2D eigenvalue weighted by Crippen LogP contribution is 2.29. The molecule has 0 aliphatic carbocycles. The quantitative estimate of drug-likeness (QED) is 0.798. The predicted molar refractivity (Wildman–Crippen MR) is 95.6 cm³/mol. The van der Waals surface area contributed by atoms with Crippen LogP contribution >= 0.6 is 23.2 Å². The number of benzene rings is 2. The van der Waals surface area contributed by atoms with Crippen molar-refractivity contribution in [3.63, 3.8) is 0 Å². The summed E-state index contributed by atoms with van der Waals surface area (Å²) < 4.78 is 39.3. The number of amides is 1. The molecule has 0 bridgehead atoms. The Bertz CT molecular complexity index is 978. The lowest BCUT2D eigenvalue weighted by atomic mass is 10.2. The largest absolute Gasteiger partial charge is 0.390 e. The SMILES string of the molecule is O=C(Nc1ccc(F)c(Cl)c1)c1ccc(Cl)c(S(=O)(=O)N2CC(O)C2)c1. The van der Waals surface area contributed by atoms with Gasteiger partial charge in [-0.3, -0.25) is 4.79 Å². The highest BCUT2D eigenvalue weighted by atomic mass is 35.5. The zero-order valence-corrected chi connectivity index (χ0v) is 15.4. The van der Waals surface area contributed by atoms with Crippen molar-refractivity contribution < 1.29 is 22.7 Å². The molecule has 0 aromatic heterocycles. The number of halogens is 3. The van der Waals surface area contributed by atoms with Crippen molar-refractivity contribution >= 4 is 44.8 Å². The lowest BCUT2D eigenvalue weighted by molar-refractivity contribution is 0.0548. The number of carbonyl (C=O) groups is 1. The minimum Gasteiger partial charge on any atom is -0.390 e. The van der Waals surface area contributed by atoms with E-state index in [2.05, 4.69) is 5.32 Å². The Morgan fingerprint density at radius 3 is 2.46 bits per heavy atom. The first-order valence-corrected chi connectivity index (χ1v) is 9.62. The molecule has 1 amide bonds. The number of aliphatic hydroxyl groups excluding tert-OH is 1. The summed E-state index contributed by atoms with van der Waals surface area (Å²) in [7, 11) is -3.92. The fraction of sp³-hybridized carbons (Fsp3) is 0.188. The van der Waals surface area contributed by atoms with Crippen molar-refractivity contribution in [2.45, 2.75) is 11.0 Å². The summed E-state index contributed by atoms with van der Waals surface area (Å²) in [6.07, 6.45) is -0.710. The van der Waals surface area contributed by atoms with Crippen molar-refractivity contribution in [1.82, 2.24) is 4.31 Å². The number of sulfonamides is 1. The molecule has 1 aliphatic heterocycles. The van der Waals surface area contributed by atoms with Crippen LogP contribution in [0.4, 0.5) is 10.1 Å². The molecular formula is C16H13Cl2FN2O4S. The Morgan fingerprint density at radius 2 is 1.85 bits per heavy atom. The molecule has 1 heterocycles. The van der Waals surface area contributed by atoms with Gasteiger partial charge in [0.2, 0.25) is 10.0 Å². The van der Waals surface area contributed by atoms with Gasteiger partial charge in [0.1, 0.15) is 10.7 Å². The van der Waals surface area contributed by atoms with Gasteiger partial charge in [0.05, 0.1) is 16.1 Å². The van der Waals surface area contributed by atoms with Gasteiger partial charge in [0.25, 0.3) is 5.91 Å². The van der Waals surface area contributed by atoms with Gasteiger partial charge in [-0.05, 0) is 36.4 Å². The third-order valence-electron chi connectivity index (χ3n) is 3.82. The van der Waals surface area contributed by atoms with Crippen LogP contribution < -0.4 is 5.32 Å². The van der Waals surface area contributed by atoms with Crippen molar-refractivity contribution in [2.24, 2.45) is 0 Å². The van der Waals surface area contributed by atoms with E-state index in [9.17, 15) is 22.7 Å². The Balaban J connectivity index is 1.87. The fourth-order valence-electron chi connectivity index (χ4n) is 2.37. The lowest BCUT2D eigenvalue weighted by Gasteiger charge is -2.34. The first-order valence-electron chi connectivity index (χ1n) is 7.42. The van der Waals surface area contributed by atoms with Gasteiger partial charge < -0.3 is 10.4 Å². The average molecular weight is 419 g/mol. The first-order chi connectivity index (χ1) is 12.2. The van der Waals surface area contributed by atoms with Crippen LogP contribution in [0.1, 0.15) is 10.4 Å². The monoisotopic (exact) mass is 418 g/mol. The molecule has 2 N–H and O–H groups in total.